The Bertz CT molecular complexity index is 668. The molecule has 1 aromatic heterocycles. The molecule has 6 heteroatoms. The van der Waals surface area contributed by atoms with Crippen LogP contribution in [-0.2, 0) is 17.2 Å². The number of fused-ring (bicyclic) bond motifs is 1. The van der Waals surface area contributed by atoms with E-state index in [1.165, 1.54) is 0 Å². The number of carbonyl (C=O) groups excluding carboxylic acids is 1. The number of benzene rings is 1. The van der Waals surface area contributed by atoms with Gasteiger partial charge in [-0.2, -0.15) is 0 Å². The molecule has 0 aliphatic carbocycles. The van der Waals surface area contributed by atoms with Gasteiger partial charge in [0, 0.05) is 19.0 Å². The summed E-state index contributed by atoms with van der Waals surface area (Å²) < 4.78 is 7.71. The summed E-state index contributed by atoms with van der Waals surface area (Å²) in [7, 11) is 0. The van der Waals surface area contributed by atoms with Gasteiger partial charge >= 0.3 is 0 Å². The lowest BCUT2D eigenvalue weighted by molar-refractivity contribution is -0.119. The average molecular weight is 308 g/mol. The third-order valence-corrected chi connectivity index (χ3v) is 3.97. The monoisotopic (exact) mass is 307 g/mol. The molecule has 3 rings (SSSR count). The third kappa shape index (κ3) is 2.70. The van der Waals surface area contributed by atoms with Crippen LogP contribution in [0.4, 0.5) is 0 Å². The predicted octanol–water partition coefficient (Wildman–Crippen LogP) is 2.45. The molecule has 1 amide bonds. The van der Waals surface area contributed by atoms with E-state index >= 15 is 0 Å². The second-order valence-corrected chi connectivity index (χ2v) is 5.40. The van der Waals surface area contributed by atoms with Crippen molar-refractivity contribution in [2.24, 2.45) is 0 Å². The summed E-state index contributed by atoms with van der Waals surface area (Å²) in [6.45, 7) is 3.24. The van der Waals surface area contributed by atoms with Gasteiger partial charge in [-0.15, -0.1) is 11.6 Å². The summed E-state index contributed by atoms with van der Waals surface area (Å²) in [4.78, 5) is 16.0. The van der Waals surface area contributed by atoms with Gasteiger partial charge in [0.15, 0.2) is 0 Å². The van der Waals surface area contributed by atoms with E-state index in [9.17, 15) is 4.79 Å². The van der Waals surface area contributed by atoms with Gasteiger partial charge in [0.1, 0.15) is 17.1 Å². The van der Waals surface area contributed by atoms with Crippen LogP contribution in [0.15, 0.2) is 18.2 Å². The number of hydrogen-bond donors (Lipinski definition) is 1. The molecule has 21 heavy (non-hydrogen) atoms. The van der Waals surface area contributed by atoms with Gasteiger partial charge in [-0.25, -0.2) is 4.98 Å². The first-order chi connectivity index (χ1) is 10.2. The summed E-state index contributed by atoms with van der Waals surface area (Å²) in [6.07, 6.45) is 1.45. The smallest absolute Gasteiger partial charge is 0.220 e. The Kier molecular flexibility index (Phi) is 4.01. The van der Waals surface area contributed by atoms with Gasteiger partial charge < -0.3 is 14.6 Å². The largest absolute Gasteiger partial charge is 0.492 e. The van der Waals surface area contributed by atoms with Crippen LogP contribution >= 0.6 is 11.6 Å². The SMILES string of the molecule is CCOc1cccc2c1nc(CCl)n2CC1CCC(=O)N1. The molecule has 0 bridgehead atoms. The maximum atomic E-state index is 11.4. The molecule has 2 heterocycles. The van der Waals surface area contributed by atoms with Crippen molar-refractivity contribution in [1.29, 1.82) is 0 Å². The Morgan fingerprint density at radius 3 is 3.05 bits per heavy atom. The summed E-state index contributed by atoms with van der Waals surface area (Å²) in [5, 5.41) is 2.99. The quantitative estimate of drug-likeness (QED) is 0.863. The van der Waals surface area contributed by atoms with E-state index in [1.54, 1.807) is 0 Å². The van der Waals surface area contributed by atoms with Crippen LogP contribution in [0.5, 0.6) is 5.75 Å². The van der Waals surface area contributed by atoms with E-state index in [2.05, 4.69) is 14.9 Å². The van der Waals surface area contributed by atoms with Crippen molar-refractivity contribution < 1.29 is 9.53 Å². The van der Waals surface area contributed by atoms with Gasteiger partial charge in [-0.05, 0) is 25.5 Å². The molecule has 0 saturated carbocycles. The van der Waals surface area contributed by atoms with Crippen molar-refractivity contribution in [2.75, 3.05) is 6.61 Å². The first-order valence-electron chi connectivity index (χ1n) is 7.19. The normalized spacial score (nSPS) is 18.2. The second-order valence-electron chi connectivity index (χ2n) is 5.13. The molecule has 1 saturated heterocycles. The molecule has 1 fully saturated rings. The Morgan fingerprint density at radius 2 is 2.38 bits per heavy atom. The van der Waals surface area contributed by atoms with Crippen LogP contribution in [0, 0.1) is 0 Å². The van der Waals surface area contributed by atoms with Gasteiger partial charge in [0.25, 0.3) is 0 Å². The van der Waals surface area contributed by atoms with Crippen LogP contribution in [0.1, 0.15) is 25.6 Å². The van der Waals surface area contributed by atoms with Gasteiger partial charge in [0.05, 0.1) is 18.0 Å². The highest BCUT2D eigenvalue weighted by Gasteiger charge is 2.23. The number of rotatable bonds is 5. The Hall–Kier alpha value is -1.75. The van der Waals surface area contributed by atoms with Crippen LogP contribution in [0.2, 0.25) is 0 Å². The molecule has 0 spiro atoms. The summed E-state index contributed by atoms with van der Waals surface area (Å²) in [6, 6.07) is 6.03. The standard InChI is InChI=1S/C15H18ClN3O2/c1-2-21-12-5-3-4-11-15(12)18-13(8-16)19(11)9-10-6-7-14(20)17-10/h3-5,10H,2,6-9H2,1H3,(H,17,20). The van der Waals surface area contributed by atoms with Crippen LogP contribution in [0.25, 0.3) is 11.0 Å². The van der Waals surface area contributed by atoms with Crippen LogP contribution < -0.4 is 10.1 Å². The number of alkyl halides is 1. The fourth-order valence-corrected chi connectivity index (χ4v) is 2.99. The predicted molar refractivity (Wildman–Crippen MR) is 81.6 cm³/mol. The Labute approximate surface area is 128 Å². The van der Waals surface area contributed by atoms with Gasteiger partial charge in [-0.3, -0.25) is 4.79 Å². The van der Waals surface area contributed by atoms with Crippen molar-refractivity contribution in [3.05, 3.63) is 24.0 Å². The maximum absolute atomic E-state index is 11.4. The number of carbonyl (C=O) groups is 1. The first kappa shape index (κ1) is 14.2. The molecular formula is C15H18ClN3O2. The highest BCUT2D eigenvalue weighted by Crippen LogP contribution is 2.27. The minimum atomic E-state index is 0.117. The van der Waals surface area contributed by atoms with Gasteiger partial charge in [0.2, 0.25) is 5.91 Å². The highest BCUT2D eigenvalue weighted by atomic mass is 35.5. The van der Waals surface area contributed by atoms with E-state index in [0.29, 0.717) is 25.5 Å². The number of halogens is 1. The summed E-state index contributed by atoms with van der Waals surface area (Å²) in [5.74, 6) is 2.03. The van der Waals surface area contributed by atoms with Crippen LogP contribution in [0.3, 0.4) is 0 Å². The fourth-order valence-electron chi connectivity index (χ4n) is 2.78. The lowest BCUT2D eigenvalue weighted by Crippen LogP contribution is -2.30. The molecule has 0 radical (unpaired) electrons. The molecular weight excluding hydrogens is 290 g/mol. The number of nitrogens with zero attached hydrogens (tertiary/aromatic N) is 2. The molecule has 112 valence electrons. The third-order valence-electron chi connectivity index (χ3n) is 3.73. The Morgan fingerprint density at radius 1 is 1.52 bits per heavy atom. The van der Waals surface area contributed by atoms with E-state index < -0.39 is 0 Å². The number of nitrogens with one attached hydrogen (secondary N) is 1. The topological polar surface area (TPSA) is 56.2 Å². The molecule has 1 aromatic carbocycles. The second kappa shape index (κ2) is 5.93. The zero-order valence-corrected chi connectivity index (χ0v) is 12.7. The van der Waals surface area contributed by atoms with E-state index in [4.69, 9.17) is 16.3 Å². The molecule has 2 aromatic rings. The maximum Gasteiger partial charge on any atom is 0.220 e. The number of hydrogen-bond acceptors (Lipinski definition) is 3. The number of aromatic nitrogens is 2. The molecule has 1 unspecified atom stereocenters. The van der Waals surface area contributed by atoms with Crippen molar-refractivity contribution in [2.45, 2.75) is 38.2 Å². The van der Waals surface area contributed by atoms with Crippen molar-refractivity contribution in [3.8, 4) is 5.75 Å². The minimum Gasteiger partial charge on any atom is -0.492 e. The number of para-hydroxylation sites is 1. The van der Waals surface area contributed by atoms with Crippen LogP contribution in [-0.4, -0.2) is 28.1 Å². The molecule has 1 atom stereocenters. The Balaban J connectivity index is 1.99. The van der Waals surface area contributed by atoms with E-state index in [0.717, 1.165) is 29.0 Å². The number of amides is 1. The fraction of sp³-hybridized carbons (Fsp3) is 0.467. The average Bonchev–Trinajstić information content (AvgIpc) is 3.05. The lowest BCUT2D eigenvalue weighted by atomic mass is 10.2. The summed E-state index contributed by atoms with van der Waals surface area (Å²) in [5.41, 5.74) is 1.83. The molecule has 1 N–H and O–H groups in total. The molecule has 5 nitrogen and oxygen atoms in total. The van der Waals surface area contributed by atoms with Crippen molar-refractivity contribution in [1.82, 2.24) is 14.9 Å². The zero-order chi connectivity index (χ0) is 14.8. The first-order valence-corrected chi connectivity index (χ1v) is 7.72. The lowest BCUT2D eigenvalue weighted by Gasteiger charge is -2.14. The van der Waals surface area contributed by atoms with E-state index in [1.807, 2.05) is 25.1 Å². The highest BCUT2D eigenvalue weighted by molar-refractivity contribution is 6.16. The summed E-state index contributed by atoms with van der Waals surface area (Å²) >= 11 is 6.04. The zero-order valence-electron chi connectivity index (χ0n) is 11.9. The number of ether oxygens (including phenoxy) is 1. The van der Waals surface area contributed by atoms with Crippen molar-refractivity contribution in [3.63, 3.8) is 0 Å². The minimum absolute atomic E-state index is 0.117. The molecule has 1 aliphatic rings. The number of imidazole rings is 1. The van der Waals surface area contributed by atoms with Crippen molar-refractivity contribution >= 4 is 28.5 Å². The molecule has 1 aliphatic heterocycles. The van der Waals surface area contributed by atoms with E-state index in [-0.39, 0.29) is 11.9 Å². The van der Waals surface area contributed by atoms with Gasteiger partial charge in [-0.1, -0.05) is 6.07 Å².